The highest BCUT2D eigenvalue weighted by Crippen LogP contribution is 2.29. The third kappa shape index (κ3) is 3.98. The van der Waals surface area contributed by atoms with Gasteiger partial charge in [0.15, 0.2) is 0 Å². The Balaban J connectivity index is 1.95. The minimum Gasteiger partial charge on any atom is -0.396 e. The minimum atomic E-state index is -4.34. The molecular formula is C15H20F3NO3. The fourth-order valence-corrected chi connectivity index (χ4v) is 2.80. The van der Waals surface area contributed by atoms with Gasteiger partial charge in [-0.1, -0.05) is 12.1 Å². The molecule has 1 fully saturated rings. The van der Waals surface area contributed by atoms with E-state index < -0.39 is 29.9 Å². The third-order valence-corrected chi connectivity index (χ3v) is 4.17. The van der Waals surface area contributed by atoms with Crippen molar-refractivity contribution >= 4 is 0 Å². The van der Waals surface area contributed by atoms with E-state index in [1.165, 1.54) is 12.1 Å². The molecule has 0 aliphatic carbocycles. The summed E-state index contributed by atoms with van der Waals surface area (Å²) in [5.41, 5.74) is 0.0749. The average Bonchev–Trinajstić information content (AvgIpc) is 2.48. The maximum atomic E-state index is 12.5. The average molecular weight is 319 g/mol. The number of hydrogen-bond donors (Lipinski definition) is 4. The fraction of sp³-hybridized carbons (Fsp3) is 0.600. The molecule has 1 aromatic rings. The smallest absolute Gasteiger partial charge is 0.396 e. The number of nitrogens with one attached hydrogen (secondary N) is 1. The number of rotatable bonds is 4. The van der Waals surface area contributed by atoms with Crippen molar-refractivity contribution in [2.75, 3.05) is 13.2 Å². The number of piperidine rings is 1. The van der Waals surface area contributed by atoms with Crippen molar-refractivity contribution in [3.05, 3.63) is 35.4 Å². The Morgan fingerprint density at radius 1 is 1.14 bits per heavy atom. The Morgan fingerprint density at radius 2 is 1.77 bits per heavy atom. The molecule has 1 aliphatic rings. The maximum absolute atomic E-state index is 12.5. The summed E-state index contributed by atoms with van der Waals surface area (Å²) in [5, 5.41) is 31.8. The Hall–Kier alpha value is -1.15. The molecule has 124 valence electrons. The predicted octanol–water partition coefficient (Wildman–Crippen LogP) is 0.940. The van der Waals surface area contributed by atoms with Gasteiger partial charge in [-0.15, -0.1) is 0 Å². The number of benzene rings is 1. The first-order valence-electron chi connectivity index (χ1n) is 7.19. The highest BCUT2D eigenvalue weighted by molar-refractivity contribution is 5.24. The van der Waals surface area contributed by atoms with E-state index in [1.54, 1.807) is 0 Å². The molecular weight excluding hydrogens is 299 g/mol. The first-order valence-corrected chi connectivity index (χ1v) is 7.19. The molecule has 1 heterocycles. The molecule has 22 heavy (non-hydrogen) atoms. The SMILES string of the molecule is OC[C@@H]1[C@H](O)[C@H](O)CN[C@@H]1CCc1ccc(C(F)(F)F)cc1. The molecule has 0 unspecified atom stereocenters. The van der Waals surface area contributed by atoms with Crippen LogP contribution in [0.25, 0.3) is 0 Å². The lowest BCUT2D eigenvalue weighted by molar-refractivity contribution is -0.137. The van der Waals surface area contributed by atoms with E-state index in [1.807, 2.05) is 0 Å². The van der Waals surface area contributed by atoms with Gasteiger partial charge in [0.2, 0.25) is 0 Å². The van der Waals surface area contributed by atoms with E-state index in [4.69, 9.17) is 0 Å². The molecule has 0 saturated carbocycles. The Bertz CT molecular complexity index is 478. The largest absolute Gasteiger partial charge is 0.416 e. The van der Waals surface area contributed by atoms with Gasteiger partial charge < -0.3 is 20.6 Å². The number of aliphatic hydroxyl groups is 3. The molecule has 4 nitrogen and oxygen atoms in total. The van der Waals surface area contributed by atoms with Crippen LogP contribution in [0.2, 0.25) is 0 Å². The Labute approximate surface area is 126 Å². The molecule has 2 rings (SSSR count). The van der Waals surface area contributed by atoms with Gasteiger partial charge in [0.1, 0.15) is 0 Å². The summed E-state index contributed by atoms with van der Waals surface area (Å²) in [4.78, 5) is 0. The van der Waals surface area contributed by atoms with Crippen molar-refractivity contribution in [3.63, 3.8) is 0 Å². The Morgan fingerprint density at radius 3 is 2.32 bits per heavy atom. The van der Waals surface area contributed by atoms with Crippen molar-refractivity contribution in [2.24, 2.45) is 5.92 Å². The minimum absolute atomic E-state index is 0.189. The van der Waals surface area contributed by atoms with Crippen molar-refractivity contribution in [1.29, 1.82) is 0 Å². The van der Waals surface area contributed by atoms with Crippen molar-refractivity contribution < 1.29 is 28.5 Å². The van der Waals surface area contributed by atoms with Gasteiger partial charge in [-0.05, 0) is 30.5 Å². The molecule has 0 amide bonds. The van der Waals surface area contributed by atoms with Crippen LogP contribution in [0.4, 0.5) is 13.2 Å². The quantitative estimate of drug-likeness (QED) is 0.666. The van der Waals surface area contributed by atoms with E-state index in [0.717, 1.165) is 17.7 Å². The molecule has 0 spiro atoms. The molecule has 1 saturated heterocycles. The first-order chi connectivity index (χ1) is 10.3. The second-order valence-corrected chi connectivity index (χ2v) is 5.65. The van der Waals surface area contributed by atoms with Gasteiger partial charge in [0.05, 0.1) is 17.8 Å². The van der Waals surface area contributed by atoms with Crippen LogP contribution in [0.1, 0.15) is 17.5 Å². The van der Waals surface area contributed by atoms with E-state index in [2.05, 4.69) is 5.32 Å². The van der Waals surface area contributed by atoms with Crippen LogP contribution in [0.15, 0.2) is 24.3 Å². The molecule has 0 bridgehead atoms. The first kappa shape index (κ1) is 17.2. The van der Waals surface area contributed by atoms with Crippen molar-refractivity contribution in [2.45, 2.75) is 37.3 Å². The van der Waals surface area contributed by atoms with Crippen LogP contribution in [0.5, 0.6) is 0 Å². The van der Waals surface area contributed by atoms with Gasteiger partial charge in [-0.3, -0.25) is 0 Å². The second-order valence-electron chi connectivity index (χ2n) is 5.65. The van der Waals surface area contributed by atoms with E-state index >= 15 is 0 Å². The highest BCUT2D eigenvalue weighted by atomic mass is 19.4. The molecule has 4 atom stereocenters. The second kappa shape index (κ2) is 6.95. The number of hydrogen-bond acceptors (Lipinski definition) is 4. The number of alkyl halides is 3. The summed E-state index contributed by atoms with van der Waals surface area (Å²) in [5.74, 6) is -0.488. The molecule has 7 heteroatoms. The van der Waals surface area contributed by atoms with Crippen LogP contribution in [0.3, 0.4) is 0 Å². The summed E-state index contributed by atoms with van der Waals surface area (Å²) in [6.45, 7) is -0.0295. The maximum Gasteiger partial charge on any atom is 0.416 e. The van der Waals surface area contributed by atoms with Crippen LogP contribution >= 0.6 is 0 Å². The number of β-amino-alcohol motifs (C(OH)–C–C–N with tert-alkyl or cyclic N) is 1. The molecule has 4 N–H and O–H groups in total. The number of aryl methyl sites for hydroxylation is 1. The van der Waals surface area contributed by atoms with Crippen molar-refractivity contribution in [3.8, 4) is 0 Å². The summed E-state index contributed by atoms with van der Waals surface area (Å²) in [6.07, 6.45) is -5.18. The topological polar surface area (TPSA) is 72.7 Å². The zero-order valence-corrected chi connectivity index (χ0v) is 11.9. The number of halogens is 3. The van der Waals surface area contributed by atoms with E-state index in [-0.39, 0.29) is 19.2 Å². The fourth-order valence-electron chi connectivity index (χ4n) is 2.80. The van der Waals surface area contributed by atoms with Gasteiger partial charge in [-0.25, -0.2) is 0 Å². The predicted molar refractivity (Wildman–Crippen MR) is 74.1 cm³/mol. The number of aliphatic hydroxyl groups excluding tert-OH is 3. The standard InChI is InChI=1S/C15H20F3NO3/c16-15(17,18)10-4-1-9(2-5-10)3-6-12-11(8-20)14(22)13(21)7-19-12/h1-2,4-5,11-14,19-22H,3,6-8H2/t11-,12+,13+,14-/m0/s1. The van der Waals surface area contributed by atoms with Gasteiger partial charge in [0, 0.05) is 25.1 Å². The molecule has 0 aromatic heterocycles. The molecule has 0 radical (unpaired) electrons. The van der Waals surface area contributed by atoms with E-state index in [0.29, 0.717) is 12.8 Å². The normalized spacial score (nSPS) is 29.5. The van der Waals surface area contributed by atoms with E-state index in [9.17, 15) is 28.5 Å². The Kier molecular flexibility index (Phi) is 5.44. The summed E-state index contributed by atoms with van der Waals surface area (Å²) >= 11 is 0. The monoisotopic (exact) mass is 319 g/mol. The lowest BCUT2D eigenvalue weighted by Crippen LogP contribution is -2.57. The van der Waals surface area contributed by atoms with Gasteiger partial charge in [-0.2, -0.15) is 13.2 Å². The van der Waals surface area contributed by atoms with Crippen LogP contribution in [0, 0.1) is 5.92 Å². The zero-order chi connectivity index (χ0) is 16.3. The van der Waals surface area contributed by atoms with Gasteiger partial charge >= 0.3 is 6.18 Å². The van der Waals surface area contributed by atoms with Crippen LogP contribution in [-0.4, -0.2) is 46.7 Å². The lowest BCUT2D eigenvalue weighted by atomic mass is 9.84. The van der Waals surface area contributed by atoms with Crippen LogP contribution < -0.4 is 5.32 Å². The summed E-state index contributed by atoms with van der Waals surface area (Å²) in [7, 11) is 0. The third-order valence-electron chi connectivity index (χ3n) is 4.17. The summed E-state index contributed by atoms with van der Waals surface area (Å²) < 4.78 is 37.5. The molecule has 1 aliphatic heterocycles. The summed E-state index contributed by atoms with van der Waals surface area (Å²) in [6, 6.07) is 4.78. The highest BCUT2D eigenvalue weighted by Gasteiger charge is 2.36. The van der Waals surface area contributed by atoms with Crippen LogP contribution in [-0.2, 0) is 12.6 Å². The van der Waals surface area contributed by atoms with Crippen molar-refractivity contribution in [1.82, 2.24) is 5.32 Å². The van der Waals surface area contributed by atoms with Gasteiger partial charge in [0.25, 0.3) is 0 Å². The zero-order valence-electron chi connectivity index (χ0n) is 11.9. The molecule has 1 aromatic carbocycles. The lowest BCUT2D eigenvalue weighted by Gasteiger charge is -2.38.